The molecule has 2 aromatic carbocycles. The van der Waals surface area contributed by atoms with Crippen LogP contribution in [-0.4, -0.2) is 74.1 Å². The van der Waals surface area contributed by atoms with Gasteiger partial charge in [-0.1, -0.05) is 18.2 Å². The molecule has 0 radical (unpaired) electrons. The number of aliphatic hydroxyl groups is 5. The third-order valence-electron chi connectivity index (χ3n) is 5.62. The Labute approximate surface area is 184 Å². The Balaban J connectivity index is 1.64. The molecule has 9 heteroatoms. The van der Waals surface area contributed by atoms with Gasteiger partial charge in [0, 0.05) is 17.1 Å². The molecule has 1 fully saturated rings. The first-order chi connectivity index (χ1) is 15.4. The summed E-state index contributed by atoms with van der Waals surface area (Å²) in [5.74, 6) is -1.68. The first-order valence-corrected chi connectivity index (χ1v) is 10.4. The van der Waals surface area contributed by atoms with Crippen molar-refractivity contribution < 1.29 is 39.7 Å². The number of H-pyrrole nitrogens is 1. The molecule has 0 unspecified atom stereocenters. The molecule has 4 rings (SSSR count). The Morgan fingerprint density at radius 1 is 1.09 bits per heavy atom. The highest BCUT2D eigenvalue weighted by Crippen LogP contribution is 2.36. The van der Waals surface area contributed by atoms with E-state index in [1.165, 1.54) is 0 Å². The van der Waals surface area contributed by atoms with Gasteiger partial charge in [-0.15, -0.1) is 0 Å². The van der Waals surface area contributed by atoms with Gasteiger partial charge in [0.05, 0.1) is 13.2 Å². The number of ether oxygens (including phenoxy) is 3. The fraction of sp³-hybridized carbons (Fsp3) is 0.391. The smallest absolute Gasteiger partial charge is 0.288 e. The van der Waals surface area contributed by atoms with Gasteiger partial charge in [0.1, 0.15) is 23.7 Å². The van der Waals surface area contributed by atoms with Crippen LogP contribution >= 0.6 is 0 Å². The Morgan fingerprint density at radius 2 is 1.84 bits per heavy atom. The zero-order valence-electron chi connectivity index (χ0n) is 17.5. The summed E-state index contributed by atoms with van der Waals surface area (Å²) in [6.07, 6.45) is -4.49. The highest BCUT2D eigenvalue weighted by atomic mass is 16.7. The van der Waals surface area contributed by atoms with E-state index in [2.05, 4.69) is 4.98 Å². The zero-order chi connectivity index (χ0) is 22.9. The predicted molar refractivity (Wildman–Crippen MR) is 114 cm³/mol. The Morgan fingerprint density at radius 3 is 2.53 bits per heavy atom. The molecule has 1 aliphatic rings. The maximum Gasteiger partial charge on any atom is 0.288 e. The molecule has 1 aliphatic heterocycles. The second-order valence-corrected chi connectivity index (χ2v) is 7.75. The normalized spacial score (nSPS) is 28.1. The van der Waals surface area contributed by atoms with Crippen molar-refractivity contribution in [3.05, 3.63) is 59.8 Å². The molecule has 3 aromatic rings. The number of nitrogens with one attached hydrogen (secondary N) is 1. The molecule has 5 atom stereocenters. The first-order valence-electron chi connectivity index (χ1n) is 10.4. The van der Waals surface area contributed by atoms with Crippen molar-refractivity contribution >= 4 is 10.9 Å². The first kappa shape index (κ1) is 22.5. The highest BCUT2D eigenvalue weighted by Gasteiger charge is 2.57. The maximum absolute atomic E-state index is 10.9. The lowest BCUT2D eigenvalue weighted by atomic mass is 9.95. The van der Waals surface area contributed by atoms with Crippen molar-refractivity contribution in [3.63, 3.8) is 0 Å². The second-order valence-electron chi connectivity index (χ2n) is 7.75. The van der Waals surface area contributed by atoms with Crippen molar-refractivity contribution in [2.75, 3.05) is 13.2 Å². The van der Waals surface area contributed by atoms with Gasteiger partial charge in [0.2, 0.25) is 6.29 Å². The molecule has 32 heavy (non-hydrogen) atoms. The monoisotopic (exact) mass is 445 g/mol. The van der Waals surface area contributed by atoms with Crippen LogP contribution in [0.2, 0.25) is 0 Å². The number of rotatable bonds is 7. The van der Waals surface area contributed by atoms with Crippen LogP contribution in [0.3, 0.4) is 0 Å². The molecule has 9 nitrogen and oxygen atoms in total. The van der Waals surface area contributed by atoms with Gasteiger partial charge in [-0.2, -0.15) is 0 Å². The number of aromatic amines is 1. The van der Waals surface area contributed by atoms with Gasteiger partial charge in [-0.25, -0.2) is 0 Å². The topological polar surface area (TPSA) is 145 Å². The second kappa shape index (κ2) is 9.07. The van der Waals surface area contributed by atoms with E-state index in [0.717, 1.165) is 22.4 Å². The van der Waals surface area contributed by atoms with Gasteiger partial charge in [-0.05, 0) is 48.7 Å². The zero-order valence-corrected chi connectivity index (χ0v) is 17.5. The van der Waals surface area contributed by atoms with Crippen LogP contribution in [0.1, 0.15) is 18.1 Å². The van der Waals surface area contributed by atoms with E-state index in [0.29, 0.717) is 18.4 Å². The summed E-state index contributed by atoms with van der Waals surface area (Å²) in [5.41, 5.74) is 2.60. The van der Waals surface area contributed by atoms with E-state index < -0.39 is 37.0 Å². The van der Waals surface area contributed by atoms with E-state index in [-0.39, 0.29) is 5.75 Å². The quantitative estimate of drug-likeness (QED) is 0.291. The lowest BCUT2D eigenvalue weighted by Gasteiger charge is -2.45. The SMILES string of the molecule is CCOc1ccc(Cc2c[nH]c3cccc(O[C@]4(O)[C@@H](O)O[C@H](CO)[C@@H](O)[C@@H]4O)c23)cc1. The lowest BCUT2D eigenvalue weighted by Crippen LogP contribution is -2.69. The lowest BCUT2D eigenvalue weighted by molar-refractivity contribution is -0.385. The Bertz CT molecular complexity index is 1050. The molecular weight excluding hydrogens is 418 g/mol. The minimum Gasteiger partial charge on any atom is -0.494 e. The molecule has 0 spiro atoms. The van der Waals surface area contributed by atoms with Crippen LogP contribution in [0.15, 0.2) is 48.7 Å². The Hall–Kier alpha value is -2.66. The van der Waals surface area contributed by atoms with Crippen molar-refractivity contribution in [1.82, 2.24) is 4.98 Å². The number of aromatic nitrogens is 1. The summed E-state index contributed by atoms with van der Waals surface area (Å²) in [6, 6.07) is 12.8. The average molecular weight is 445 g/mol. The van der Waals surface area contributed by atoms with Gasteiger partial charge in [-0.3, -0.25) is 0 Å². The third-order valence-corrected chi connectivity index (χ3v) is 5.62. The van der Waals surface area contributed by atoms with Crippen molar-refractivity contribution in [2.45, 2.75) is 43.7 Å². The van der Waals surface area contributed by atoms with Crippen molar-refractivity contribution in [1.29, 1.82) is 0 Å². The van der Waals surface area contributed by atoms with Gasteiger partial charge >= 0.3 is 0 Å². The van der Waals surface area contributed by atoms with E-state index in [1.807, 2.05) is 43.5 Å². The van der Waals surface area contributed by atoms with E-state index in [9.17, 15) is 25.5 Å². The molecule has 0 bridgehead atoms. The van der Waals surface area contributed by atoms with E-state index >= 15 is 0 Å². The van der Waals surface area contributed by atoms with E-state index in [4.69, 9.17) is 14.2 Å². The van der Waals surface area contributed by atoms with Crippen molar-refractivity contribution in [3.8, 4) is 11.5 Å². The Kier molecular flexibility index (Phi) is 6.38. The summed E-state index contributed by atoms with van der Waals surface area (Å²) < 4.78 is 16.2. The van der Waals surface area contributed by atoms with Gasteiger partial charge in [0.25, 0.3) is 5.79 Å². The molecule has 0 saturated carbocycles. The van der Waals surface area contributed by atoms with Crippen LogP contribution in [0.4, 0.5) is 0 Å². The van der Waals surface area contributed by atoms with Gasteiger partial charge < -0.3 is 44.7 Å². The number of hydrogen-bond donors (Lipinski definition) is 6. The average Bonchev–Trinajstić information content (AvgIpc) is 3.20. The predicted octanol–water partition coefficient (Wildman–Crippen LogP) is 0.656. The van der Waals surface area contributed by atoms with Crippen LogP contribution in [0.5, 0.6) is 11.5 Å². The van der Waals surface area contributed by atoms with E-state index in [1.54, 1.807) is 12.1 Å². The minimum atomic E-state index is -2.65. The van der Waals surface area contributed by atoms with Crippen LogP contribution in [0, 0.1) is 0 Å². The molecule has 0 amide bonds. The van der Waals surface area contributed by atoms with Crippen LogP contribution in [-0.2, 0) is 11.2 Å². The maximum atomic E-state index is 10.9. The standard InChI is InChI=1S/C23H27NO8/c1-2-30-15-8-6-13(7-9-15)10-14-11-24-16-4-3-5-17(19(14)16)32-23(29)21(27)20(26)18(12-25)31-22(23)28/h3-9,11,18,20-22,24-29H,2,10,12H2,1H3/t18-,20-,21+,22+,23+/m1/s1. The largest absolute Gasteiger partial charge is 0.494 e. The molecule has 1 aromatic heterocycles. The molecule has 6 N–H and O–H groups in total. The minimum absolute atomic E-state index is 0.184. The molecule has 0 aliphatic carbocycles. The molecule has 2 heterocycles. The van der Waals surface area contributed by atoms with Gasteiger partial charge in [0.15, 0.2) is 6.10 Å². The number of aliphatic hydroxyl groups excluding tert-OH is 4. The summed E-state index contributed by atoms with van der Waals surface area (Å²) in [6.45, 7) is 1.86. The molecule has 1 saturated heterocycles. The summed E-state index contributed by atoms with van der Waals surface area (Å²) in [7, 11) is 0. The van der Waals surface area contributed by atoms with Crippen molar-refractivity contribution in [2.24, 2.45) is 0 Å². The fourth-order valence-electron chi connectivity index (χ4n) is 3.91. The van der Waals surface area contributed by atoms with Crippen LogP contribution < -0.4 is 9.47 Å². The van der Waals surface area contributed by atoms with Crippen LogP contribution in [0.25, 0.3) is 10.9 Å². The summed E-state index contributed by atoms with van der Waals surface area (Å²) in [4.78, 5) is 3.15. The molecular formula is C23H27NO8. The summed E-state index contributed by atoms with van der Waals surface area (Å²) in [5, 5.41) is 51.6. The third kappa shape index (κ3) is 4.06. The number of hydrogen-bond acceptors (Lipinski definition) is 8. The number of fused-ring (bicyclic) bond motifs is 1. The number of benzene rings is 2. The fourth-order valence-corrected chi connectivity index (χ4v) is 3.91. The molecule has 172 valence electrons. The summed E-state index contributed by atoms with van der Waals surface area (Å²) >= 11 is 0. The highest BCUT2D eigenvalue weighted by molar-refractivity contribution is 5.89.